The van der Waals surface area contributed by atoms with Crippen LogP contribution in [0.3, 0.4) is 0 Å². The van der Waals surface area contributed by atoms with Crippen LogP contribution in [-0.2, 0) is 17.1 Å². The smallest absolute Gasteiger partial charge is 0.243 e. The molecule has 5 rings (SSSR count). The number of aromatic nitrogens is 3. The zero-order chi connectivity index (χ0) is 20.7. The SMILES string of the molecule is Cn1c(C2CCN(S(=O)(=O)c3ccc(C4CCCCC4)cc3)C2)nc2cccnc21. The van der Waals surface area contributed by atoms with Crippen molar-refractivity contribution in [2.24, 2.45) is 7.05 Å². The average molecular weight is 425 g/mol. The molecule has 1 saturated carbocycles. The minimum absolute atomic E-state index is 0.0838. The fraction of sp³-hybridized carbons (Fsp3) is 0.478. The molecule has 6 nitrogen and oxygen atoms in total. The first-order chi connectivity index (χ1) is 14.5. The van der Waals surface area contributed by atoms with Gasteiger partial charge in [0.25, 0.3) is 0 Å². The van der Waals surface area contributed by atoms with E-state index in [1.807, 2.05) is 35.9 Å². The van der Waals surface area contributed by atoms with E-state index >= 15 is 0 Å². The number of fused-ring (bicyclic) bond motifs is 1. The van der Waals surface area contributed by atoms with Gasteiger partial charge in [0.05, 0.1) is 4.90 Å². The second-order valence-electron chi connectivity index (χ2n) is 8.63. The molecular weight excluding hydrogens is 396 g/mol. The van der Waals surface area contributed by atoms with Crippen molar-refractivity contribution in [1.29, 1.82) is 0 Å². The molecule has 3 aromatic rings. The van der Waals surface area contributed by atoms with E-state index in [4.69, 9.17) is 4.98 Å². The molecule has 1 aliphatic carbocycles. The van der Waals surface area contributed by atoms with Crippen molar-refractivity contribution < 1.29 is 8.42 Å². The van der Waals surface area contributed by atoms with Crippen LogP contribution in [0, 0.1) is 0 Å². The van der Waals surface area contributed by atoms with Gasteiger partial charge in [-0.15, -0.1) is 0 Å². The molecule has 2 aromatic heterocycles. The maximum Gasteiger partial charge on any atom is 0.243 e. The van der Waals surface area contributed by atoms with E-state index < -0.39 is 10.0 Å². The van der Waals surface area contributed by atoms with Gasteiger partial charge in [0, 0.05) is 32.3 Å². The summed E-state index contributed by atoms with van der Waals surface area (Å²) in [6.07, 6.45) is 8.84. The highest BCUT2D eigenvalue weighted by Gasteiger charge is 2.35. The van der Waals surface area contributed by atoms with E-state index in [0.717, 1.165) is 23.4 Å². The lowest BCUT2D eigenvalue weighted by Gasteiger charge is -2.22. The molecule has 3 heterocycles. The maximum atomic E-state index is 13.2. The molecule has 0 amide bonds. The lowest BCUT2D eigenvalue weighted by Crippen LogP contribution is -2.29. The minimum Gasteiger partial charge on any atom is -0.316 e. The van der Waals surface area contributed by atoms with Crippen molar-refractivity contribution in [3.63, 3.8) is 0 Å². The highest BCUT2D eigenvalue weighted by molar-refractivity contribution is 7.89. The van der Waals surface area contributed by atoms with Crippen molar-refractivity contribution in [2.75, 3.05) is 13.1 Å². The summed E-state index contributed by atoms with van der Waals surface area (Å²) in [6, 6.07) is 11.5. The molecule has 1 atom stereocenters. The number of hydrogen-bond acceptors (Lipinski definition) is 4. The second kappa shape index (κ2) is 7.78. The van der Waals surface area contributed by atoms with Gasteiger partial charge in [-0.3, -0.25) is 0 Å². The quantitative estimate of drug-likeness (QED) is 0.630. The fourth-order valence-corrected chi connectivity index (χ4v) is 6.56. The van der Waals surface area contributed by atoms with E-state index in [-0.39, 0.29) is 5.92 Å². The lowest BCUT2D eigenvalue weighted by atomic mass is 9.84. The van der Waals surface area contributed by atoms with E-state index in [2.05, 4.69) is 4.98 Å². The predicted octanol–water partition coefficient (Wildman–Crippen LogP) is 4.19. The predicted molar refractivity (Wildman–Crippen MR) is 117 cm³/mol. The standard InChI is InChI=1S/C23H28N4O2S/c1-26-22(25-21-8-5-14-24-23(21)26)19-13-15-27(16-19)30(28,29)20-11-9-18(10-12-20)17-6-3-2-4-7-17/h5,8-12,14,17,19H,2-4,6-7,13,15-16H2,1H3. The molecule has 30 heavy (non-hydrogen) atoms. The molecule has 0 spiro atoms. The van der Waals surface area contributed by atoms with Gasteiger partial charge in [0.1, 0.15) is 11.3 Å². The Bertz CT molecular complexity index is 1150. The molecule has 7 heteroatoms. The summed E-state index contributed by atoms with van der Waals surface area (Å²) in [5.74, 6) is 1.58. The number of aryl methyl sites for hydroxylation is 1. The number of imidazole rings is 1. The minimum atomic E-state index is -3.49. The number of pyridine rings is 1. The number of benzene rings is 1. The Morgan fingerprint density at radius 1 is 0.967 bits per heavy atom. The van der Waals surface area contributed by atoms with Crippen molar-refractivity contribution in [2.45, 2.75) is 55.3 Å². The average Bonchev–Trinajstić information content (AvgIpc) is 3.40. The molecule has 1 saturated heterocycles. The van der Waals surface area contributed by atoms with Crippen LogP contribution >= 0.6 is 0 Å². The van der Waals surface area contributed by atoms with Crippen LogP contribution in [-0.4, -0.2) is 40.3 Å². The monoisotopic (exact) mass is 424 g/mol. The molecule has 1 aromatic carbocycles. The first-order valence-corrected chi connectivity index (χ1v) is 12.4. The first-order valence-electron chi connectivity index (χ1n) is 10.9. The Labute approximate surface area is 178 Å². The largest absolute Gasteiger partial charge is 0.316 e. The highest BCUT2D eigenvalue weighted by atomic mass is 32.2. The van der Waals surface area contributed by atoms with Crippen LogP contribution in [0.15, 0.2) is 47.5 Å². The number of rotatable bonds is 4. The van der Waals surface area contributed by atoms with Crippen molar-refractivity contribution in [3.05, 3.63) is 54.0 Å². The van der Waals surface area contributed by atoms with Gasteiger partial charge >= 0.3 is 0 Å². The summed E-state index contributed by atoms with van der Waals surface area (Å²) in [6.45, 7) is 0.984. The molecule has 0 N–H and O–H groups in total. The Hall–Kier alpha value is -2.25. The number of nitrogens with zero attached hydrogens (tertiary/aromatic N) is 4. The van der Waals surface area contributed by atoms with Crippen LogP contribution in [0.5, 0.6) is 0 Å². The molecule has 2 aliphatic rings. The first kappa shape index (κ1) is 19.7. The van der Waals surface area contributed by atoms with E-state index in [0.29, 0.717) is 23.9 Å². The summed E-state index contributed by atoms with van der Waals surface area (Å²) in [7, 11) is -1.53. The summed E-state index contributed by atoms with van der Waals surface area (Å²) >= 11 is 0. The van der Waals surface area contributed by atoms with Crippen molar-refractivity contribution >= 4 is 21.2 Å². The van der Waals surface area contributed by atoms with Crippen LogP contribution in [0.4, 0.5) is 0 Å². The molecule has 0 bridgehead atoms. The molecular formula is C23H28N4O2S. The maximum absolute atomic E-state index is 13.2. The van der Waals surface area contributed by atoms with Crippen molar-refractivity contribution in [1.82, 2.24) is 18.8 Å². The normalized spacial score (nSPS) is 21.4. The summed E-state index contributed by atoms with van der Waals surface area (Å²) < 4.78 is 30.1. The number of hydrogen-bond donors (Lipinski definition) is 0. The zero-order valence-electron chi connectivity index (χ0n) is 17.4. The summed E-state index contributed by atoms with van der Waals surface area (Å²) in [5, 5.41) is 0. The fourth-order valence-electron chi connectivity index (χ4n) is 5.06. The van der Waals surface area contributed by atoms with Gasteiger partial charge in [-0.1, -0.05) is 31.4 Å². The molecule has 1 unspecified atom stereocenters. The third kappa shape index (κ3) is 3.44. The van der Waals surface area contributed by atoms with Crippen LogP contribution in [0.1, 0.15) is 61.7 Å². The van der Waals surface area contributed by atoms with E-state index in [9.17, 15) is 8.42 Å². The Morgan fingerprint density at radius 2 is 1.73 bits per heavy atom. The third-order valence-electron chi connectivity index (χ3n) is 6.77. The second-order valence-corrected chi connectivity index (χ2v) is 10.6. The molecule has 158 valence electrons. The van der Waals surface area contributed by atoms with E-state index in [1.54, 1.807) is 22.6 Å². The third-order valence-corrected chi connectivity index (χ3v) is 8.65. The molecule has 1 aliphatic heterocycles. The number of sulfonamides is 1. The van der Waals surface area contributed by atoms with Gasteiger partial charge in [0.15, 0.2) is 5.65 Å². The van der Waals surface area contributed by atoms with Crippen LogP contribution in [0.2, 0.25) is 0 Å². The van der Waals surface area contributed by atoms with Gasteiger partial charge in [-0.05, 0) is 55.0 Å². The molecule has 0 radical (unpaired) electrons. The highest BCUT2D eigenvalue weighted by Crippen LogP contribution is 2.35. The van der Waals surface area contributed by atoms with Crippen molar-refractivity contribution in [3.8, 4) is 0 Å². The molecule has 2 fully saturated rings. The van der Waals surface area contributed by atoms with Crippen LogP contribution < -0.4 is 0 Å². The summed E-state index contributed by atoms with van der Waals surface area (Å²) in [5.41, 5.74) is 2.97. The Morgan fingerprint density at radius 3 is 2.47 bits per heavy atom. The lowest BCUT2D eigenvalue weighted by molar-refractivity contribution is 0.443. The van der Waals surface area contributed by atoms with Gasteiger partial charge in [0.2, 0.25) is 10.0 Å². The Kier molecular flexibility index (Phi) is 5.11. The zero-order valence-corrected chi connectivity index (χ0v) is 18.2. The van der Waals surface area contributed by atoms with Gasteiger partial charge in [-0.25, -0.2) is 18.4 Å². The Balaban J connectivity index is 1.34. The van der Waals surface area contributed by atoms with Gasteiger partial charge in [-0.2, -0.15) is 4.31 Å². The summed E-state index contributed by atoms with van der Waals surface area (Å²) in [4.78, 5) is 9.53. The topological polar surface area (TPSA) is 68.1 Å². The van der Waals surface area contributed by atoms with E-state index in [1.165, 1.54) is 37.7 Å². The van der Waals surface area contributed by atoms with Crippen LogP contribution in [0.25, 0.3) is 11.2 Å². The van der Waals surface area contributed by atoms with Gasteiger partial charge < -0.3 is 4.57 Å².